The van der Waals surface area contributed by atoms with Gasteiger partial charge in [0.15, 0.2) is 0 Å². The number of nitrogens with two attached hydrogens (primary N) is 1. The lowest BCUT2D eigenvalue weighted by Gasteiger charge is -2.34. The molecular weight excluding hydrogens is 196 g/mol. The molecule has 3 heteroatoms. The fourth-order valence-corrected chi connectivity index (χ4v) is 2.41. The normalized spacial score (nSPS) is 20.2. The largest absolute Gasteiger partial charge is 0.321 e. The SMILES string of the molecule is NC1(c2c(F)cccc2F)CCCCC1. The molecule has 0 atom stereocenters. The number of hydrogen-bond donors (Lipinski definition) is 1. The lowest BCUT2D eigenvalue weighted by atomic mass is 9.77. The van der Waals surface area contributed by atoms with Gasteiger partial charge in [-0.25, -0.2) is 8.78 Å². The Kier molecular flexibility index (Phi) is 2.74. The van der Waals surface area contributed by atoms with Gasteiger partial charge in [0.1, 0.15) is 11.6 Å². The number of halogens is 2. The van der Waals surface area contributed by atoms with E-state index in [0.29, 0.717) is 12.8 Å². The standard InChI is InChI=1S/C12H15F2N/c13-9-5-4-6-10(14)11(9)12(15)7-2-1-3-8-12/h4-6H,1-3,7-8,15H2. The van der Waals surface area contributed by atoms with Crippen molar-refractivity contribution in [2.75, 3.05) is 0 Å². The van der Waals surface area contributed by atoms with Crippen molar-refractivity contribution in [2.45, 2.75) is 37.6 Å². The number of benzene rings is 1. The highest BCUT2D eigenvalue weighted by Crippen LogP contribution is 2.37. The van der Waals surface area contributed by atoms with Crippen LogP contribution in [0.2, 0.25) is 0 Å². The summed E-state index contributed by atoms with van der Waals surface area (Å²) in [5.41, 5.74) is 5.38. The van der Waals surface area contributed by atoms with E-state index in [4.69, 9.17) is 5.73 Å². The van der Waals surface area contributed by atoms with Crippen LogP contribution in [-0.4, -0.2) is 0 Å². The van der Waals surface area contributed by atoms with Gasteiger partial charge in [-0.3, -0.25) is 0 Å². The molecule has 1 aliphatic rings. The lowest BCUT2D eigenvalue weighted by molar-refractivity contribution is 0.282. The minimum absolute atomic E-state index is 0.0738. The second-order valence-electron chi connectivity index (χ2n) is 4.31. The highest BCUT2D eigenvalue weighted by atomic mass is 19.1. The van der Waals surface area contributed by atoms with Crippen LogP contribution in [-0.2, 0) is 5.54 Å². The van der Waals surface area contributed by atoms with E-state index in [-0.39, 0.29) is 5.56 Å². The monoisotopic (exact) mass is 211 g/mol. The van der Waals surface area contributed by atoms with Gasteiger partial charge in [-0.15, -0.1) is 0 Å². The van der Waals surface area contributed by atoms with Crippen molar-refractivity contribution >= 4 is 0 Å². The molecule has 0 amide bonds. The molecular formula is C12H15F2N. The molecule has 0 heterocycles. The Balaban J connectivity index is 2.42. The molecule has 1 fully saturated rings. The Labute approximate surface area is 88.3 Å². The average Bonchev–Trinajstić information content (AvgIpc) is 2.18. The fraction of sp³-hybridized carbons (Fsp3) is 0.500. The van der Waals surface area contributed by atoms with E-state index < -0.39 is 17.2 Å². The maximum atomic E-state index is 13.6. The van der Waals surface area contributed by atoms with Gasteiger partial charge in [0, 0.05) is 11.1 Å². The second-order valence-corrected chi connectivity index (χ2v) is 4.31. The number of rotatable bonds is 1. The van der Waals surface area contributed by atoms with Gasteiger partial charge in [-0.2, -0.15) is 0 Å². The molecule has 82 valence electrons. The smallest absolute Gasteiger partial charge is 0.131 e. The van der Waals surface area contributed by atoms with Gasteiger partial charge in [-0.05, 0) is 25.0 Å². The molecule has 0 aromatic heterocycles. The summed E-state index contributed by atoms with van der Waals surface area (Å²) < 4.78 is 27.1. The Morgan fingerprint density at radius 2 is 1.53 bits per heavy atom. The molecule has 0 radical (unpaired) electrons. The molecule has 0 aliphatic heterocycles. The van der Waals surface area contributed by atoms with E-state index in [9.17, 15) is 8.78 Å². The predicted molar refractivity (Wildman–Crippen MR) is 55.3 cm³/mol. The van der Waals surface area contributed by atoms with Gasteiger partial charge in [0.05, 0.1) is 0 Å². The summed E-state index contributed by atoms with van der Waals surface area (Å²) in [5, 5.41) is 0. The van der Waals surface area contributed by atoms with Crippen LogP contribution in [0.3, 0.4) is 0 Å². The maximum Gasteiger partial charge on any atom is 0.131 e. The molecule has 15 heavy (non-hydrogen) atoms. The van der Waals surface area contributed by atoms with E-state index in [2.05, 4.69) is 0 Å². The minimum atomic E-state index is -0.798. The van der Waals surface area contributed by atoms with Crippen LogP contribution in [0.25, 0.3) is 0 Å². The van der Waals surface area contributed by atoms with Crippen molar-refractivity contribution in [2.24, 2.45) is 5.73 Å². The van der Waals surface area contributed by atoms with Crippen molar-refractivity contribution in [1.29, 1.82) is 0 Å². The van der Waals surface area contributed by atoms with Gasteiger partial charge >= 0.3 is 0 Å². The van der Waals surface area contributed by atoms with Crippen LogP contribution in [0.5, 0.6) is 0 Å². The molecule has 0 saturated heterocycles. The number of hydrogen-bond acceptors (Lipinski definition) is 1. The molecule has 1 aliphatic carbocycles. The molecule has 1 nitrogen and oxygen atoms in total. The van der Waals surface area contributed by atoms with Gasteiger partial charge in [-0.1, -0.05) is 25.3 Å². The fourth-order valence-electron chi connectivity index (χ4n) is 2.41. The first-order valence-corrected chi connectivity index (χ1v) is 5.37. The lowest BCUT2D eigenvalue weighted by Crippen LogP contribution is -2.40. The van der Waals surface area contributed by atoms with Crippen LogP contribution in [0.4, 0.5) is 8.78 Å². The predicted octanol–water partition coefficient (Wildman–Crippen LogP) is 3.08. The zero-order valence-electron chi connectivity index (χ0n) is 8.60. The first kappa shape index (κ1) is 10.6. The highest BCUT2D eigenvalue weighted by Gasteiger charge is 2.34. The summed E-state index contributed by atoms with van der Waals surface area (Å²) in [6.45, 7) is 0. The summed E-state index contributed by atoms with van der Waals surface area (Å²) in [6.07, 6.45) is 4.35. The molecule has 2 N–H and O–H groups in total. The summed E-state index contributed by atoms with van der Waals surface area (Å²) in [7, 11) is 0. The summed E-state index contributed by atoms with van der Waals surface area (Å²) in [4.78, 5) is 0. The Morgan fingerprint density at radius 3 is 2.07 bits per heavy atom. The molecule has 2 rings (SSSR count). The Hall–Kier alpha value is -0.960. The van der Waals surface area contributed by atoms with E-state index >= 15 is 0 Å². The van der Waals surface area contributed by atoms with Crippen LogP contribution in [0.15, 0.2) is 18.2 Å². The zero-order chi connectivity index (χ0) is 10.9. The average molecular weight is 211 g/mol. The summed E-state index contributed by atoms with van der Waals surface area (Å²) in [6, 6.07) is 3.93. The Bertz CT molecular complexity index is 336. The van der Waals surface area contributed by atoms with Crippen LogP contribution in [0.1, 0.15) is 37.7 Å². The maximum absolute atomic E-state index is 13.6. The molecule has 1 aromatic carbocycles. The van der Waals surface area contributed by atoms with Gasteiger partial charge in [0.2, 0.25) is 0 Å². The summed E-state index contributed by atoms with van der Waals surface area (Å²) >= 11 is 0. The molecule has 0 spiro atoms. The second kappa shape index (κ2) is 3.89. The van der Waals surface area contributed by atoms with Crippen molar-refractivity contribution in [3.05, 3.63) is 35.4 Å². The molecule has 1 saturated carbocycles. The first-order valence-electron chi connectivity index (χ1n) is 5.37. The van der Waals surface area contributed by atoms with Gasteiger partial charge in [0.25, 0.3) is 0 Å². The van der Waals surface area contributed by atoms with E-state index in [1.165, 1.54) is 18.2 Å². The zero-order valence-corrected chi connectivity index (χ0v) is 8.60. The van der Waals surface area contributed by atoms with Crippen LogP contribution >= 0.6 is 0 Å². The first-order chi connectivity index (χ1) is 7.13. The molecule has 1 aromatic rings. The van der Waals surface area contributed by atoms with E-state index in [0.717, 1.165) is 19.3 Å². The van der Waals surface area contributed by atoms with Crippen molar-refractivity contribution in [3.8, 4) is 0 Å². The minimum Gasteiger partial charge on any atom is -0.321 e. The van der Waals surface area contributed by atoms with Crippen molar-refractivity contribution < 1.29 is 8.78 Å². The van der Waals surface area contributed by atoms with Crippen LogP contribution < -0.4 is 5.73 Å². The highest BCUT2D eigenvalue weighted by molar-refractivity contribution is 5.28. The quantitative estimate of drug-likeness (QED) is 0.759. The third-order valence-electron chi connectivity index (χ3n) is 3.21. The van der Waals surface area contributed by atoms with Crippen molar-refractivity contribution in [3.63, 3.8) is 0 Å². The van der Waals surface area contributed by atoms with Gasteiger partial charge < -0.3 is 5.73 Å². The van der Waals surface area contributed by atoms with Crippen LogP contribution in [0, 0.1) is 11.6 Å². The molecule has 0 unspecified atom stereocenters. The third-order valence-corrected chi connectivity index (χ3v) is 3.21. The van der Waals surface area contributed by atoms with Crippen molar-refractivity contribution in [1.82, 2.24) is 0 Å². The van der Waals surface area contributed by atoms with E-state index in [1.807, 2.05) is 0 Å². The third kappa shape index (κ3) is 1.88. The topological polar surface area (TPSA) is 26.0 Å². The summed E-state index contributed by atoms with van der Waals surface area (Å²) in [5.74, 6) is -1.03. The van der Waals surface area contributed by atoms with E-state index in [1.54, 1.807) is 0 Å². The Morgan fingerprint density at radius 1 is 1.00 bits per heavy atom. The molecule has 0 bridgehead atoms.